The Bertz CT molecular complexity index is 2440. The van der Waals surface area contributed by atoms with Gasteiger partial charge in [0, 0.05) is 62.5 Å². The number of pyridine rings is 1. The highest BCUT2D eigenvalue weighted by molar-refractivity contribution is 6.20. The second kappa shape index (κ2) is 8.92. The molecule has 196 valence electrons. The number of nitrogens with zero attached hydrogens (tertiary/aromatic N) is 3. The van der Waals surface area contributed by atoms with Crippen molar-refractivity contribution in [1.29, 1.82) is 0 Å². The van der Waals surface area contributed by atoms with Gasteiger partial charge in [0.05, 0.1) is 16.6 Å². The van der Waals surface area contributed by atoms with E-state index in [0.717, 1.165) is 27.9 Å². The fourth-order valence-electron chi connectivity index (χ4n) is 6.63. The Morgan fingerprint density at radius 2 is 1.24 bits per heavy atom. The third-order valence-electron chi connectivity index (χ3n) is 8.60. The zero-order valence-electron chi connectivity index (χ0n) is 22.8. The number of hydrogen-bond acceptors (Lipinski definition) is 1. The fraction of sp³-hybridized carbons (Fsp3) is 0. The summed E-state index contributed by atoms with van der Waals surface area (Å²) in [6.07, 6.45) is 6.08. The maximum absolute atomic E-state index is 4.52. The van der Waals surface area contributed by atoms with E-state index in [0.29, 0.717) is 0 Å². The van der Waals surface area contributed by atoms with Crippen LogP contribution in [0.1, 0.15) is 0 Å². The minimum absolute atomic E-state index is 1.14. The molecule has 3 heterocycles. The van der Waals surface area contributed by atoms with E-state index in [9.17, 15) is 0 Å². The Morgan fingerprint density at radius 1 is 0.452 bits per heavy atom. The molecule has 0 unspecified atom stereocenters. The van der Waals surface area contributed by atoms with Gasteiger partial charge in [-0.05, 0) is 64.9 Å². The normalized spacial score (nSPS) is 11.8. The summed E-state index contributed by atoms with van der Waals surface area (Å²) in [4.78, 5) is 4.52. The molecule has 0 bridgehead atoms. The first kappa shape index (κ1) is 23.1. The first-order valence-electron chi connectivity index (χ1n) is 14.3. The van der Waals surface area contributed by atoms with Gasteiger partial charge in [-0.2, -0.15) is 0 Å². The van der Waals surface area contributed by atoms with Gasteiger partial charge in [-0.25, -0.2) is 0 Å². The minimum Gasteiger partial charge on any atom is -0.317 e. The average molecular weight is 536 g/mol. The largest absolute Gasteiger partial charge is 0.317 e. The zero-order valence-corrected chi connectivity index (χ0v) is 22.8. The van der Waals surface area contributed by atoms with E-state index in [1.165, 1.54) is 48.9 Å². The molecule has 6 aromatic carbocycles. The van der Waals surface area contributed by atoms with Crippen molar-refractivity contribution < 1.29 is 0 Å². The van der Waals surface area contributed by atoms with Gasteiger partial charge in [-0.3, -0.25) is 4.98 Å². The molecule has 0 spiro atoms. The first-order valence-corrected chi connectivity index (χ1v) is 14.3. The molecule has 0 aliphatic carbocycles. The van der Waals surface area contributed by atoms with E-state index < -0.39 is 0 Å². The van der Waals surface area contributed by atoms with Crippen LogP contribution < -0.4 is 0 Å². The van der Waals surface area contributed by atoms with Crippen molar-refractivity contribution in [2.45, 2.75) is 0 Å². The van der Waals surface area contributed by atoms with E-state index >= 15 is 0 Å². The number of aromatic nitrogens is 3. The SMILES string of the molecule is c1ccc(-n2ccc3cc4ccc5c6ccccc6n(-c6ccc(-c7cncc8ccccc78)cc6)c5c4cc32)cc1. The maximum Gasteiger partial charge on any atom is 0.0620 e. The predicted octanol–water partition coefficient (Wildman–Crippen LogP) is 10.1. The maximum atomic E-state index is 4.52. The molecule has 0 saturated heterocycles. The Balaban J connectivity index is 1.31. The van der Waals surface area contributed by atoms with Crippen molar-refractivity contribution in [3.63, 3.8) is 0 Å². The monoisotopic (exact) mass is 535 g/mol. The standard InChI is InChI=1S/C39H25N3/c1-2-9-30(10-3-1)41-21-20-28-22-27-16-19-34-33-12-6-7-13-37(33)42(39(34)35(27)23-38(28)41)31-17-14-26(15-18-31)36-25-40-24-29-8-4-5-11-32(29)36/h1-25H. The lowest BCUT2D eigenvalue weighted by atomic mass is 10.0. The summed E-state index contributed by atoms with van der Waals surface area (Å²) in [6.45, 7) is 0. The lowest BCUT2D eigenvalue weighted by molar-refractivity contribution is 1.13. The summed E-state index contributed by atoms with van der Waals surface area (Å²) in [6, 6.07) is 48.1. The number of rotatable bonds is 3. The average Bonchev–Trinajstić information content (AvgIpc) is 3.63. The van der Waals surface area contributed by atoms with Gasteiger partial charge in [0.25, 0.3) is 0 Å². The van der Waals surface area contributed by atoms with E-state index in [1.807, 2.05) is 12.4 Å². The van der Waals surface area contributed by atoms with Gasteiger partial charge in [-0.1, -0.05) is 84.9 Å². The Labute approximate surface area is 242 Å². The summed E-state index contributed by atoms with van der Waals surface area (Å²) in [7, 11) is 0. The van der Waals surface area contributed by atoms with Crippen molar-refractivity contribution in [2.75, 3.05) is 0 Å². The summed E-state index contributed by atoms with van der Waals surface area (Å²) >= 11 is 0. The van der Waals surface area contributed by atoms with Crippen LogP contribution in [0.15, 0.2) is 152 Å². The minimum atomic E-state index is 1.14. The van der Waals surface area contributed by atoms with Crippen LogP contribution in [0, 0.1) is 0 Å². The second-order valence-electron chi connectivity index (χ2n) is 10.9. The molecule has 0 aliphatic heterocycles. The van der Waals surface area contributed by atoms with Crippen molar-refractivity contribution >= 4 is 54.3 Å². The first-order chi connectivity index (χ1) is 20.8. The van der Waals surface area contributed by atoms with Crippen LogP contribution in [0.3, 0.4) is 0 Å². The lowest BCUT2D eigenvalue weighted by Crippen LogP contribution is -1.95. The van der Waals surface area contributed by atoms with Crippen LogP contribution in [0.2, 0.25) is 0 Å². The molecule has 0 amide bonds. The van der Waals surface area contributed by atoms with Gasteiger partial charge < -0.3 is 9.13 Å². The van der Waals surface area contributed by atoms with Crippen LogP contribution >= 0.6 is 0 Å². The Kier molecular flexibility index (Phi) is 4.90. The van der Waals surface area contributed by atoms with E-state index in [4.69, 9.17) is 0 Å². The van der Waals surface area contributed by atoms with E-state index in [-0.39, 0.29) is 0 Å². The number of fused-ring (bicyclic) bond motifs is 7. The van der Waals surface area contributed by atoms with Crippen LogP contribution in [0.4, 0.5) is 0 Å². The Morgan fingerprint density at radius 3 is 2.12 bits per heavy atom. The predicted molar refractivity (Wildman–Crippen MR) is 176 cm³/mol. The molecule has 0 N–H and O–H groups in total. The highest BCUT2D eigenvalue weighted by Gasteiger charge is 2.16. The zero-order chi connectivity index (χ0) is 27.6. The van der Waals surface area contributed by atoms with Crippen molar-refractivity contribution in [3.05, 3.63) is 152 Å². The molecule has 0 atom stereocenters. The highest BCUT2D eigenvalue weighted by atomic mass is 15.0. The topological polar surface area (TPSA) is 22.8 Å². The molecule has 3 heteroatoms. The van der Waals surface area contributed by atoms with Crippen LogP contribution in [-0.2, 0) is 0 Å². The molecule has 3 aromatic heterocycles. The van der Waals surface area contributed by atoms with Gasteiger partial charge >= 0.3 is 0 Å². The number of benzene rings is 6. The lowest BCUT2D eigenvalue weighted by Gasteiger charge is -2.12. The fourth-order valence-corrected chi connectivity index (χ4v) is 6.63. The molecule has 9 aromatic rings. The summed E-state index contributed by atoms with van der Waals surface area (Å²) < 4.78 is 4.72. The van der Waals surface area contributed by atoms with Gasteiger partial charge in [-0.15, -0.1) is 0 Å². The number of para-hydroxylation sites is 2. The van der Waals surface area contributed by atoms with Gasteiger partial charge in [0.15, 0.2) is 0 Å². The molecular weight excluding hydrogens is 510 g/mol. The van der Waals surface area contributed by atoms with Crippen LogP contribution in [-0.4, -0.2) is 14.1 Å². The molecule has 3 nitrogen and oxygen atoms in total. The third kappa shape index (κ3) is 3.37. The molecule has 0 fully saturated rings. The van der Waals surface area contributed by atoms with E-state index in [1.54, 1.807) is 0 Å². The molecule has 42 heavy (non-hydrogen) atoms. The molecule has 0 radical (unpaired) electrons. The van der Waals surface area contributed by atoms with Crippen molar-refractivity contribution in [2.24, 2.45) is 0 Å². The van der Waals surface area contributed by atoms with Gasteiger partial charge in [0.2, 0.25) is 0 Å². The molecule has 9 rings (SSSR count). The smallest absolute Gasteiger partial charge is 0.0620 e. The Hall–Kier alpha value is -5.67. The van der Waals surface area contributed by atoms with Gasteiger partial charge in [0.1, 0.15) is 0 Å². The summed E-state index contributed by atoms with van der Waals surface area (Å²) in [5, 5.41) is 8.61. The van der Waals surface area contributed by atoms with Crippen LogP contribution in [0.25, 0.3) is 76.8 Å². The van der Waals surface area contributed by atoms with E-state index in [2.05, 4.69) is 154 Å². The van der Waals surface area contributed by atoms with Crippen LogP contribution in [0.5, 0.6) is 0 Å². The second-order valence-corrected chi connectivity index (χ2v) is 10.9. The summed E-state index contributed by atoms with van der Waals surface area (Å²) in [5.74, 6) is 0. The number of hydrogen-bond donors (Lipinski definition) is 0. The highest BCUT2D eigenvalue weighted by Crippen LogP contribution is 2.39. The van der Waals surface area contributed by atoms with Crippen molar-refractivity contribution in [3.8, 4) is 22.5 Å². The third-order valence-corrected chi connectivity index (χ3v) is 8.60. The molecule has 0 aliphatic rings. The molecular formula is C39H25N3. The van der Waals surface area contributed by atoms with Crippen molar-refractivity contribution in [1.82, 2.24) is 14.1 Å². The summed E-state index contributed by atoms with van der Waals surface area (Å²) in [5.41, 5.74) is 8.26. The quantitative estimate of drug-likeness (QED) is 0.221. The molecule has 0 saturated carbocycles.